The standard InChI is InChI=1S/C72H110N16O36S2/c1-72(2,3)70(123)124-20-21-125-126-30-40(69(121)122)86-66(117)36(10-16-49(100)77-26-43(94)56(108)59(111)46(97)29-91)82-65(116)38(13-19-52(104)105)84-63(114)35(9-15-48(99)76-25-42(93)55(107)58(110)45(96)28-90)81-64(115)37(12-18-51(102)103)83-62(113)34(8-14-47(98)75-24-41(92)54(106)57(109)44(95)27-89)80-50(101)17-11-39(68(119)120)85-61(112)31-4-6-32(7-5-31)74-22-33-23-78-60-53(79-33)67(118)88-71(73)87-60/h4-7,23,34-46,54-59,74,89-97,106-111H,8-22,24-30H2,1-3H3,(H,75,98)(H,76,99)(H,77,100)(H,80,101)(H,81,115)(H,82,116)(H,83,113)(H,84,114)(H,85,112)(H,86,117)(H,102,103)(H,104,105)(H,119,120)(H,121,122)(H3,73,78,87,88,118)/t34-,35-,36-,37+,38+,39-,40+,41-,42-,43-,44+,45+,46+,54+,55+,56+,57+,58+,59+/m0/s1. The van der Waals surface area contributed by atoms with Crippen molar-refractivity contribution < 1.29 is 174 Å². The van der Waals surface area contributed by atoms with Gasteiger partial charge in [-0.25, -0.2) is 19.6 Å². The van der Waals surface area contributed by atoms with E-state index in [-0.39, 0.29) is 47.3 Å². The highest BCUT2D eigenvalue weighted by Gasteiger charge is 2.39. The molecule has 1 aromatic carbocycles. The number of aliphatic hydroxyl groups is 15. The number of benzene rings is 1. The van der Waals surface area contributed by atoms with E-state index >= 15 is 0 Å². The van der Waals surface area contributed by atoms with Crippen molar-refractivity contribution in [3.8, 4) is 0 Å². The first kappa shape index (κ1) is 109. The minimum atomic E-state index is -2.27. The molecule has 0 bridgehead atoms. The summed E-state index contributed by atoms with van der Waals surface area (Å²) in [6, 6.07) is -9.21. The minimum Gasteiger partial charge on any atom is -0.481 e. The van der Waals surface area contributed by atoms with Gasteiger partial charge in [-0.3, -0.25) is 72.1 Å². The van der Waals surface area contributed by atoms with Gasteiger partial charge in [-0.15, -0.1) is 0 Å². The van der Waals surface area contributed by atoms with Gasteiger partial charge in [-0.2, -0.15) is 4.98 Å². The van der Waals surface area contributed by atoms with E-state index in [1.807, 2.05) is 0 Å². The molecule has 0 aliphatic carbocycles. The zero-order valence-corrected chi connectivity index (χ0v) is 69.7. The quantitative estimate of drug-likeness (QED) is 0.0142. The number of carboxylic acid groups (broad SMARTS) is 4. The fraction of sp³-hybridized carbons (Fsp3) is 0.625. The van der Waals surface area contributed by atoms with Gasteiger partial charge in [0.15, 0.2) is 11.2 Å². The summed E-state index contributed by atoms with van der Waals surface area (Å²) in [6.45, 7) is -1.40. The van der Waals surface area contributed by atoms with Crippen molar-refractivity contribution in [1.29, 1.82) is 0 Å². The molecule has 0 aliphatic heterocycles. The second-order valence-corrected chi connectivity index (χ2v) is 32.0. The van der Waals surface area contributed by atoms with Gasteiger partial charge in [-0.1, -0.05) is 21.6 Å². The number of nitrogens with one attached hydrogen (secondary N) is 12. The number of carbonyl (C=O) groups is 15. The maximum absolute atomic E-state index is 14.8. The van der Waals surface area contributed by atoms with E-state index in [9.17, 15) is 174 Å². The van der Waals surface area contributed by atoms with Gasteiger partial charge in [0.25, 0.3) is 11.5 Å². The molecular weight excluding hydrogens is 1730 g/mol. The van der Waals surface area contributed by atoms with Crippen molar-refractivity contribution in [2.75, 3.05) is 68.6 Å². The summed E-state index contributed by atoms with van der Waals surface area (Å²) in [5.74, 6) is -21.0. The monoisotopic (exact) mass is 1840 g/mol. The summed E-state index contributed by atoms with van der Waals surface area (Å²) >= 11 is 0. The number of carboxylic acids is 4. The van der Waals surface area contributed by atoms with Gasteiger partial charge in [0, 0.05) is 80.9 Å². The Kier molecular flexibility index (Phi) is 47.7. The second kappa shape index (κ2) is 54.9. The smallest absolute Gasteiger partial charge is 0.327 e. The van der Waals surface area contributed by atoms with E-state index in [0.717, 1.165) is 21.6 Å². The van der Waals surface area contributed by atoms with Gasteiger partial charge in [0.1, 0.15) is 104 Å². The van der Waals surface area contributed by atoms with Crippen LogP contribution in [0.25, 0.3) is 11.2 Å². The van der Waals surface area contributed by atoms with Crippen LogP contribution in [0.2, 0.25) is 0 Å². The second-order valence-electron chi connectivity index (χ2n) is 29.4. The lowest BCUT2D eigenvalue weighted by Crippen LogP contribution is -2.60. The number of ether oxygens (including phenoxy) is 1. The van der Waals surface area contributed by atoms with E-state index in [1.54, 1.807) is 20.8 Å². The van der Waals surface area contributed by atoms with E-state index in [0.29, 0.717) is 5.69 Å². The van der Waals surface area contributed by atoms with Crippen LogP contribution in [0.4, 0.5) is 11.6 Å². The van der Waals surface area contributed by atoms with Crippen LogP contribution in [0.1, 0.15) is 114 Å². The normalized spacial score (nSPS) is 16.0. The molecule has 706 valence electrons. The first-order valence-corrected chi connectivity index (χ1v) is 41.2. The number of aromatic amines is 1. The molecule has 3 aromatic rings. The van der Waals surface area contributed by atoms with Crippen molar-refractivity contribution in [1.82, 2.24) is 73.1 Å². The van der Waals surface area contributed by atoms with Crippen molar-refractivity contribution >= 4 is 133 Å². The third-order valence-electron chi connectivity index (χ3n) is 18.3. The third kappa shape index (κ3) is 39.0. The Morgan fingerprint density at radius 1 is 0.452 bits per heavy atom. The highest BCUT2D eigenvalue weighted by Crippen LogP contribution is 2.24. The number of hydrogen-bond acceptors (Lipinski definition) is 39. The summed E-state index contributed by atoms with van der Waals surface area (Å²) in [4.78, 5) is 229. The van der Waals surface area contributed by atoms with E-state index in [2.05, 4.69) is 78.4 Å². The lowest BCUT2D eigenvalue weighted by atomic mass is 9.97. The first-order chi connectivity index (χ1) is 59.1. The fourth-order valence-electron chi connectivity index (χ4n) is 10.8. The number of rotatable bonds is 60. The number of nitrogen functional groups attached to an aromatic ring is 1. The number of anilines is 2. The molecule has 0 aliphatic rings. The van der Waals surface area contributed by atoms with Crippen LogP contribution in [0.3, 0.4) is 0 Å². The molecule has 2 heterocycles. The molecule has 52 nitrogen and oxygen atoms in total. The number of amides is 10. The lowest BCUT2D eigenvalue weighted by molar-refractivity contribution is -0.152. The van der Waals surface area contributed by atoms with Crippen molar-refractivity contribution in [2.45, 2.75) is 220 Å². The third-order valence-corrected chi connectivity index (χ3v) is 20.7. The predicted octanol–water partition coefficient (Wildman–Crippen LogP) is -12.4. The summed E-state index contributed by atoms with van der Waals surface area (Å²) in [6.07, 6.45) is -35.2. The Hall–Kier alpha value is -10.8. The number of fused-ring (bicyclic) bond motifs is 1. The average molecular weight is 1840 g/mol. The number of aliphatic hydroxyl groups excluding tert-OH is 15. The maximum Gasteiger partial charge on any atom is 0.327 e. The van der Waals surface area contributed by atoms with Gasteiger partial charge >= 0.3 is 29.8 Å². The minimum absolute atomic E-state index is 0.00373. The van der Waals surface area contributed by atoms with Gasteiger partial charge in [-0.05, 0) is 83.6 Å². The molecule has 2 aromatic heterocycles. The van der Waals surface area contributed by atoms with Crippen molar-refractivity contribution in [3.05, 3.63) is 52.1 Å². The lowest BCUT2D eigenvalue weighted by Gasteiger charge is -2.28. The van der Waals surface area contributed by atoms with Gasteiger partial charge < -0.3 is 166 Å². The predicted molar refractivity (Wildman–Crippen MR) is 433 cm³/mol. The molecule has 33 N–H and O–H groups in total. The van der Waals surface area contributed by atoms with E-state index in [1.165, 1.54) is 30.5 Å². The number of aliphatic carboxylic acids is 4. The van der Waals surface area contributed by atoms with Crippen LogP contribution in [0.15, 0.2) is 35.3 Å². The summed E-state index contributed by atoms with van der Waals surface area (Å²) in [7, 11) is 1.86. The molecule has 0 radical (unpaired) electrons. The largest absolute Gasteiger partial charge is 0.481 e. The summed E-state index contributed by atoms with van der Waals surface area (Å²) in [5, 5.41) is 215. The molecular formula is C72H110N16O36S2. The van der Waals surface area contributed by atoms with E-state index < -0.39 is 338 Å². The zero-order chi connectivity index (χ0) is 95.0. The van der Waals surface area contributed by atoms with E-state index in [4.69, 9.17) is 10.5 Å². The Morgan fingerprint density at radius 3 is 1.18 bits per heavy atom. The number of esters is 1. The Bertz CT molecular complexity index is 4200. The fourth-order valence-corrected chi connectivity index (χ4v) is 12.8. The molecule has 3 rings (SSSR count). The topological polar surface area (TPSA) is 880 Å². The molecule has 0 saturated heterocycles. The number of H-pyrrole nitrogens is 1. The Balaban J connectivity index is 2.10. The average Bonchev–Trinajstić information content (AvgIpc) is 0.810. The highest BCUT2D eigenvalue weighted by atomic mass is 33.1. The van der Waals surface area contributed by atoms with Crippen LogP contribution < -0.4 is 69.8 Å². The molecule has 19 atom stereocenters. The molecule has 0 saturated carbocycles. The SMILES string of the molecule is CC(C)(C)C(=O)OCCSSC[C@@H](NC(=O)[C@H](CCC(=O)NC[C@H](O)[C@@H](O)[C@H](O)[C@H](O)CO)NC(=O)[C@@H](CCC(=O)O)NC(=O)[C@H](CCC(=O)NC[C@H](O)[C@@H](O)[C@H](O)[C@H](O)CO)NC(=O)[C@@H](CCC(=O)O)NC(=O)[C@H](CCC(=O)NC[C@H](O)[C@@H](O)[C@H](O)[C@H](O)CO)NC(=O)CC[C@H](NC(=O)c1ccc(NCc2cnc3nc(N)[nH]c(=O)c3n2)cc1)C(=O)O)C(=O)O. The van der Waals surface area contributed by atoms with Gasteiger partial charge in [0.2, 0.25) is 59.1 Å². The number of nitrogens with two attached hydrogens (primary N) is 1. The van der Waals surface area contributed by atoms with Crippen LogP contribution in [0.5, 0.6) is 0 Å². The van der Waals surface area contributed by atoms with Crippen LogP contribution in [0, 0.1) is 5.41 Å². The molecule has 10 amide bonds. The highest BCUT2D eigenvalue weighted by molar-refractivity contribution is 8.76. The summed E-state index contributed by atoms with van der Waals surface area (Å²) in [5.41, 5.74) is 4.47. The Morgan fingerprint density at radius 2 is 0.810 bits per heavy atom. The number of hydrogen-bond donors (Lipinski definition) is 32. The molecule has 126 heavy (non-hydrogen) atoms. The molecule has 0 spiro atoms. The van der Waals surface area contributed by atoms with Crippen molar-refractivity contribution in [2.24, 2.45) is 5.41 Å². The summed E-state index contributed by atoms with van der Waals surface area (Å²) < 4.78 is 5.19. The number of carbonyl (C=O) groups excluding carboxylic acids is 11. The number of aromatic nitrogens is 4. The van der Waals surface area contributed by atoms with Crippen molar-refractivity contribution in [3.63, 3.8) is 0 Å². The van der Waals surface area contributed by atoms with Crippen LogP contribution >= 0.6 is 21.6 Å². The molecule has 0 unspecified atom stereocenters. The molecule has 54 heteroatoms. The van der Waals surface area contributed by atoms with Gasteiger partial charge in [0.05, 0.1) is 62.0 Å². The van der Waals surface area contributed by atoms with Crippen LogP contribution in [-0.4, -0.2) is 379 Å². The zero-order valence-electron chi connectivity index (χ0n) is 68.1. The number of nitrogens with zero attached hydrogens (tertiary/aromatic N) is 3. The first-order valence-electron chi connectivity index (χ1n) is 38.7. The Labute approximate surface area is 723 Å². The maximum atomic E-state index is 14.8. The van der Waals surface area contributed by atoms with Crippen LogP contribution in [-0.2, 0) is 78.4 Å². The molecule has 0 fully saturated rings.